The highest BCUT2D eigenvalue weighted by molar-refractivity contribution is 5.94. The molecular weight excluding hydrogens is 342 g/mol. The van der Waals surface area contributed by atoms with Gasteiger partial charge in [-0.15, -0.1) is 0 Å². The van der Waals surface area contributed by atoms with Crippen LogP contribution >= 0.6 is 0 Å². The third-order valence-corrected chi connectivity index (χ3v) is 5.49. The van der Waals surface area contributed by atoms with Gasteiger partial charge >= 0.3 is 11.9 Å². The van der Waals surface area contributed by atoms with Crippen molar-refractivity contribution in [3.8, 4) is 0 Å². The second-order valence-corrected chi connectivity index (χ2v) is 7.09. The topological polar surface area (TPSA) is 55.8 Å². The second kappa shape index (κ2) is 8.42. The number of rotatable bonds is 4. The van der Waals surface area contributed by atoms with Gasteiger partial charge in [-0.3, -0.25) is 4.79 Å². The number of likely N-dealkylation sites (tertiary alicyclic amines) is 1. The lowest BCUT2D eigenvalue weighted by Crippen LogP contribution is -2.41. The Bertz CT molecular complexity index is 760. The summed E-state index contributed by atoms with van der Waals surface area (Å²) in [5, 5.41) is 0. The van der Waals surface area contributed by atoms with E-state index in [1.54, 1.807) is 0 Å². The predicted molar refractivity (Wildman–Crippen MR) is 103 cm³/mol. The molecule has 1 aliphatic carbocycles. The minimum Gasteiger partial charge on any atom is -0.468 e. The van der Waals surface area contributed by atoms with Crippen molar-refractivity contribution in [2.24, 2.45) is 5.92 Å². The summed E-state index contributed by atoms with van der Waals surface area (Å²) in [6, 6.07) is 9.68. The van der Waals surface area contributed by atoms with Crippen LogP contribution in [0.1, 0.15) is 37.7 Å². The molecule has 1 aromatic carbocycles. The molecule has 0 spiro atoms. The maximum absolute atomic E-state index is 12.9. The first-order chi connectivity index (χ1) is 13.1. The van der Waals surface area contributed by atoms with Crippen molar-refractivity contribution in [1.82, 2.24) is 4.90 Å². The van der Waals surface area contributed by atoms with Gasteiger partial charge in [0, 0.05) is 30.3 Å². The average Bonchev–Trinajstić information content (AvgIpc) is 2.73. The summed E-state index contributed by atoms with van der Waals surface area (Å²) in [7, 11) is 2.78. The number of nitrogens with zero attached hydrogens (tertiary/aromatic N) is 1. The van der Waals surface area contributed by atoms with Crippen LogP contribution in [0.4, 0.5) is 0 Å². The molecule has 0 amide bonds. The van der Waals surface area contributed by atoms with Crippen molar-refractivity contribution in [3.05, 3.63) is 58.8 Å². The number of ether oxygens (including phenoxy) is 2. The van der Waals surface area contributed by atoms with Crippen molar-refractivity contribution in [2.75, 3.05) is 27.3 Å². The number of hydrogen-bond acceptors (Lipinski definition) is 5. The number of hydrogen-bond donors (Lipinski definition) is 0. The summed E-state index contributed by atoms with van der Waals surface area (Å²) in [6.07, 6.45) is 5.39. The van der Waals surface area contributed by atoms with E-state index in [0.29, 0.717) is 5.57 Å². The molecule has 144 valence electrons. The fraction of sp³-hybridized carbons (Fsp3) is 0.455. The Morgan fingerprint density at radius 1 is 1.00 bits per heavy atom. The molecule has 0 radical (unpaired) electrons. The lowest BCUT2D eigenvalue weighted by atomic mass is 9.73. The number of methoxy groups -OCH3 is 2. The first-order valence-corrected chi connectivity index (χ1v) is 9.47. The first kappa shape index (κ1) is 19.2. The summed E-state index contributed by atoms with van der Waals surface area (Å²) in [4.78, 5) is 27.8. The summed E-state index contributed by atoms with van der Waals surface area (Å²) in [5.41, 5.74) is 3.23. The lowest BCUT2D eigenvalue weighted by molar-refractivity contribution is -0.145. The van der Waals surface area contributed by atoms with Crippen LogP contribution in [0, 0.1) is 5.92 Å². The van der Waals surface area contributed by atoms with E-state index in [2.05, 4.69) is 4.90 Å². The molecule has 1 aliphatic heterocycles. The van der Waals surface area contributed by atoms with E-state index < -0.39 is 17.8 Å². The minimum atomic E-state index is -0.562. The Morgan fingerprint density at radius 3 is 2.26 bits per heavy atom. The molecule has 5 heteroatoms. The first-order valence-electron chi connectivity index (χ1n) is 9.47. The largest absolute Gasteiger partial charge is 0.468 e. The number of carbonyl (C=O) groups is 2. The monoisotopic (exact) mass is 369 g/mol. The zero-order chi connectivity index (χ0) is 19.4. The molecule has 1 saturated heterocycles. The maximum Gasteiger partial charge on any atom is 0.334 e. The van der Waals surface area contributed by atoms with Crippen molar-refractivity contribution >= 4 is 11.9 Å². The Balaban J connectivity index is 2.17. The van der Waals surface area contributed by atoms with Crippen LogP contribution in [0.15, 0.2) is 53.3 Å². The van der Waals surface area contributed by atoms with Crippen LogP contribution < -0.4 is 0 Å². The predicted octanol–water partition coefficient (Wildman–Crippen LogP) is 3.43. The van der Waals surface area contributed by atoms with Gasteiger partial charge in [0.25, 0.3) is 0 Å². The van der Waals surface area contributed by atoms with Gasteiger partial charge < -0.3 is 14.4 Å². The fourth-order valence-electron chi connectivity index (χ4n) is 4.21. The highest BCUT2D eigenvalue weighted by Gasteiger charge is 2.43. The third kappa shape index (κ3) is 3.77. The van der Waals surface area contributed by atoms with Crippen molar-refractivity contribution in [2.45, 2.75) is 32.1 Å². The van der Waals surface area contributed by atoms with E-state index in [1.165, 1.54) is 20.6 Å². The van der Waals surface area contributed by atoms with Crippen LogP contribution in [-0.4, -0.2) is 44.1 Å². The molecule has 0 N–H and O–H groups in total. The standard InChI is InChI=1S/C22H27NO4/c1-15-14-17(23-12-8-5-9-13-23)20(22(25)27-3)19(18(15)21(24)26-2)16-10-6-4-7-11-16/h4,6-7,10-11,14,19-20H,5,8-9,12-13H2,1-3H3. The Kier molecular flexibility index (Phi) is 5.99. The number of benzene rings is 1. The number of esters is 2. The van der Waals surface area contributed by atoms with Gasteiger partial charge in [0.15, 0.2) is 0 Å². The molecule has 5 nitrogen and oxygen atoms in total. The van der Waals surface area contributed by atoms with E-state index in [0.717, 1.165) is 42.8 Å². The van der Waals surface area contributed by atoms with Crippen molar-refractivity contribution in [3.63, 3.8) is 0 Å². The van der Waals surface area contributed by atoms with Crippen LogP contribution in [0.5, 0.6) is 0 Å². The van der Waals surface area contributed by atoms with E-state index in [1.807, 2.05) is 43.3 Å². The number of piperidine rings is 1. The van der Waals surface area contributed by atoms with E-state index in [9.17, 15) is 9.59 Å². The Hall–Kier alpha value is -2.56. The Labute approximate surface area is 160 Å². The van der Waals surface area contributed by atoms with Crippen LogP contribution in [0.25, 0.3) is 0 Å². The van der Waals surface area contributed by atoms with Gasteiger partial charge in [-0.1, -0.05) is 30.3 Å². The SMILES string of the molecule is COC(=O)C1=C(C)C=C(N2CCCCC2)C(C(=O)OC)C1c1ccccc1. The van der Waals surface area contributed by atoms with Gasteiger partial charge in [0.1, 0.15) is 5.92 Å². The Morgan fingerprint density at radius 2 is 1.67 bits per heavy atom. The smallest absolute Gasteiger partial charge is 0.334 e. The molecule has 0 bridgehead atoms. The van der Waals surface area contributed by atoms with E-state index >= 15 is 0 Å². The van der Waals surface area contributed by atoms with Crippen molar-refractivity contribution in [1.29, 1.82) is 0 Å². The van der Waals surface area contributed by atoms with Crippen molar-refractivity contribution < 1.29 is 19.1 Å². The molecule has 2 aliphatic rings. The van der Waals surface area contributed by atoms with Gasteiger partial charge in [-0.25, -0.2) is 4.79 Å². The second-order valence-electron chi connectivity index (χ2n) is 7.09. The number of allylic oxidation sites excluding steroid dienone is 2. The molecule has 27 heavy (non-hydrogen) atoms. The molecule has 2 unspecified atom stereocenters. The summed E-state index contributed by atoms with van der Waals surface area (Å²) in [5.74, 6) is -1.71. The van der Waals surface area contributed by atoms with Gasteiger partial charge in [-0.2, -0.15) is 0 Å². The molecule has 0 aromatic heterocycles. The molecule has 2 atom stereocenters. The highest BCUT2D eigenvalue weighted by atomic mass is 16.5. The molecule has 1 aromatic rings. The highest BCUT2D eigenvalue weighted by Crippen LogP contribution is 2.44. The van der Waals surface area contributed by atoms with E-state index in [-0.39, 0.29) is 5.97 Å². The van der Waals surface area contributed by atoms with Gasteiger partial charge in [0.05, 0.1) is 14.2 Å². The van der Waals surface area contributed by atoms with E-state index in [4.69, 9.17) is 9.47 Å². The average molecular weight is 369 g/mol. The normalized spacial score (nSPS) is 22.9. The number of carbonyl (C=O) groups excluding carboxylic acids is 2. The van der Waals surface area contributed by atoms with Crippen LogP contribution in [0.2, 0.25) is 0 Å². The molecule has 1 fully saturated rings. The van der Waals surface area contributed by atoms with Gasteiger partial charge in [-0.05, 0) is 43.4 Å². The summed E-state index contributed by atoms with van der Waals surface area (Å²) >= 11 is 0. The quantitative estimate of drug-likeness (QED) is 0.761. The summed E-state index contributed by atoms with van der Waals surface area (Å²) < 4.78 is 10.2. The van der Waals surface area contributed by atoms with Crippen LogP contribution in [0.3, 0.4) is 0 Å². The minimum absolute atomic E-state index is 0.324. The summed E-state index contributed by atoms with van der Waals surface area (Å²) in [6.45, 7) is 3.75. The van der Waals surface area contributed by atoms with Crippen LogP contribution in [-0.2, 0) is 19.1 Å². The molecular formula is C22H27NO4. The third-order valence-electron chi connectivity index (χ3n) is 5.49. The molecule has 1 heterocycles. The fourth-order valence-corrected chi connectivity index (χ4v) is 4.21. The molecule has 0 saturated carbocycles. The maximum atomic E-state index is 12.9. The zero-order valence-corrected chi connectivity index (χ0v) is 16.2. The van der Waals surface area contributed by atoms with Gasteiger partial charge in [0.2, 0.25) is 0 Å². The lowest BCUT2D eigenvalue weighted by Gasteiger charge is -2.40. The molecule has 3 rings (SSSR count). The zero-order valence-electron chi connectivity index (χ0n) is 16.2.